The average molecular weight is 440 g/mol. The molecule has 2 aromatic carbocycles. The Kier molecular flexibility index (Phi) is 5.94. The van der Waals surface area contributed by atoms with Crippen LogP contribution in [0.4, 0.5) is 4.39 Å². The maximum absolute atomic E-state index is 14.0. The van der Waals surface area contributed by atoms with Crippen LogP contribution in [0.2, 0.25) is 5.02 Å². The highest BCUT2D eigenvalue weighted by atomic mass is 79.9. The molecule has 26 heavy (non-hydrogen) atoms. The van der Waals surface area contributed by atoms with Gasteiger partial charge in [-0.2, -0.15) is 0 Å². The molecule has 0 atom stereocenters. The fraction of sp³-hybridized carbons (Fsp3) is 0.263. The predicted octanol–water partition coefficient (Wildman–Crippen LogP) is 4.23. The van der Waals surface area contributed by atoms with Crippen molar-refractivity contribution in [3.63, 3.8) is 0 Å². The summed E-state index contributed by atoms with van der Waals surface area (Å²) in [4.78, 5) is 28.6. The highest BCUT2D eigenvalue weighted by Gasteiger charge is 2.26. The molecule has 136 valence electrons. The highest BCUT2D eigenvalue weighted by Crippen LogP contribution is 2.22. The first-order valence-electron chi connectivity index (χ1n) is 8.25. The molecular formula is C19H17BrClFN2O2. The first-order valence-corrected chi connectivity index (χ1v) is 9.42. The van der Waals surface area contributed by atoms with Gasteiger partial charge in [0.1, 0.15) is 5.82 Å². The van der Waals surface area contributed by atoms with Crippen LogP contribution in [-0.2, 0) is 0 Å². The molecule has 0 unspecified atom stereocenters. The van der Waals surface area contributed by atoms with Gasteiger partial charge in [-0.25, -0.2) is 4.39 Å². The Morgan fingerprint density at radius 2 is 1.62 bits per heavy atom. The van der Waals surface area contributed by atoms with Crippen LogP contribution >= 0.6 is 27.5 Å². The maximum atomic E-state index is 14.0. The van der Waals surface area contributed by atoms with Crippen LogP contribution in [0.1, 0.15) is 27.1 Å². The molecule has 1 saturated heterocycles. The van der Waals surface area contributed by atoms with Crippen molar-refractivity contribution in [3.8, 4) is 0 Å². The van der Waals surface area contributed by atoms with Gasteiger partial charge in [0, 0.05) is 36.2 Å². The zero-order chi connectivity index (χ0) is 18.7. The van der Waals surface area contributed by atoms with E-state index in [1.54, 1.807) is 21.9 Å². The van der Waals surface area contributed by atoms with E-state index < -0.39 is 11.7 Å². The van der Waals surface area contributed by atoms with Crippen molar-refractivity contribution in [2.75, 3.05) is 26.2 Å². The van der Waals surface area contributed by atoms with Crippen molar-refractivity contribution in [1.82, 2.24) is 9.80 Å². The van der Waals surface area contributed by atoms with Gasteiger partial charge in [0.05, 0.1) is 10.6 Å². The van der Waals surface area contributed by atoms with E-state index in [1.807, 2.05) is 12.1 Å². The zero-order valence-electron chi connectivity index (χ0n) is 13.9. The topological polar surface area (TPSA) is 40.6 Å². The van der Waals surface area contributed by atoms with Crippen LogP contribution in [0.15, 0.2) is 46.9 Å². The van der Waals surface area contributed by atoms with Crippen LogP contribution < -0.4 is 0 Å². The predicted molar refractivity (Wildman–Crippen MR) is 102 cm³/mol. The first kappa shape index (κ1) is 18.9. The molecule has 0 radical (unpaired) electrons. The number of amides is 2. The Hall–Kier alpha value is -1.92. The summed E-state index contributed by atoms with van der Waals surface area (Å²) >= 11 is 9.37. The number of nitrogens with zero attached hydrogens (tertiary/aromatic N) is 2. The second kappa shape index (κ2) is 8.18. The van der Waals surface area contributed by atoms with Gasteiger partial charge in [-0.15, -0.1) is 0 Å². The summed E-state index contributed by atoms with van der Waals surface area (Å²) in [5.74, 6) is -1.15. The number of hydrogen-bond acceptors (Lipinski definition) is 2. The summed E-state index contributed by atoms with van der Waals surface area (Å²) in [5, 5.41) is 0.0984. The third kappa shape index (κ3) is 4.07. The summed E-state index contributed by atoms with van der Waals surface area (Å²) < 4.78 is 14.9. The van der Waals surface area contributed by atoms with Crippen LogP contribution in [0.3, 0.4) is 0 Å². The SMILES string of the molecule is O=C(c1cccc(Br)c1)N1CCCN(C(=O)c2c(F)cccc2Cl)CC1. The van der Waals surface area contributed by atoms with Gasteiger partial charge in [-0.3, -0.25) is 9.59 Å². The number of carbonyl (C=O) groups excluding carboxylic acids is 2. The van der Waals surface area contributed by atoms with Gasteiger partial charge in [0.15, 0.2) is 0 Å². The molecule has 1 aliphatic rings. The molecule has 0 spiro atoms. The van der Waals surface area contributed by atoms with E-state index in [9.17, 15) is 14.0 Å². The number of hydrogen-bond donors (Lipinski definition) is 0. The summed E-state index contributed by atoms with van der Waals surface area (Å²) in [5.41, 5.74) is 0.484. The van der Waals surface area contributed by atoms with Gasteiger partial charge in [-0.1, -0.05) is 39.7 Å². The molecule has 2 aromatic rings. The van der Waals surface area contributed by atoms with E-state index in [0.29, 0.717) is 38.2 Å². The summed E-state index contributed by atoms with van der Waals surface area (Å²) in [6.07, 6.45) is 0.623. The largest absolute Gasteiger partial charge is 0.337 e. The first-order chi connectivity index (χ1) is 12.5. The maximum Gasteiger partial charge on any atom is 0.258 e. The van der Waals surface area contributed by atoms with E-state index in [-0.39, 0.29) is 16.5 Å². The van der Waals surface area contributed by atoms with Gasteiger partial charge in [0.25, 0.3) is 11.8 Å². The number of rotatable bonds is 2. The monoisotopic (exact) mass is 438 g/mol. The van der Waals surface area contributed by atoms with Crippen molar-refractivity contribution < 1.29 is 14.0 Å². The van der Waals surface area contributed by atoms with Gasteiger partial charge < -0.3 is 9.80 Å². The molecule has 1 aliphatic heterocycles. The minimum absolute atomic E-state index is 0.0791. The van der Waals surface area contributed by atoms with Crippen molar-refractivity contribution in [2.24, 2.45) is 0 Å². The molecule has 7 heteroatoms. The van der Waals surface area contributed by atoms with Crippen LogP contribution in [-0.4, -0.2) is 47.8 Å². The van der Waals surface area contributed by atoms with Crippen molar-refractivity contribution in [3.05, 3.63) is 68.9 Å². The van der Waals surface area contributed by atoms with Gasteiger partial charge in [0.2, 0.25) is 0 Å². The molecule has 0 saturated carbocycles. The lowest BCUT2D eigenvalue weighted by Gasteiger charge is -2.23. The minimum Gasteiger partial charge on any atom is -0.337 e. The fourth-order valence-corrected chi connectivity index (χ4v) is 3.63. The van der Waals surface area contributed by atoms with Gasteiger partial charge >= 0.3 is 0 Å². The Bertz CT molecular complexity index is 826. The quantitative estimate of drug-likeness (QED) is 0.703. The lowest BCUT2D eigenvalue weighted by Crippen LogP contribution is -2.37. The summed E-state index contributed by atoms with van der Waals surface area (Å²) in [6.45, 7) is 1.72. The van der Waals surface area contributed by atoms with E-state index in [4.69, 9.17) is 11.6 Å². The number of carbonyl (C=O) groups is 2. The lowest BCUT2D eigenvalue weighted by atomic mass is 10.1. The van der Waals surface area contributed by atoms with E-state index in [2.05, 4.69) is 15.9 Å². The van der Waals surface area contributed by atoms with Crippen LogP contribution in [0.5, 0.6) is 0 Å². The summed E-state index contributed by atoms with van der Waals surface area (Å²) in [6, 6.07) is 11.4. The molecule has 1 heterocycles. The number of halogens is 3. The van der Waals surface area contributed by atoms with Crippen LogP contribution in [0, 0.1) is 5.82 Å². The molecule has 0 bridgehead atoms. The Balaban J connectivity index is 1.72. The summed E-state index contributed by atoms with van der Waals surface area (Å²) in [7, 11) is 0. The smallest absolute Gasteiger partial charge is 0.258 e. The second-order valence-corrected chi connectivity index (χ2v) is 7.37. The molecule has 1 fully saturated rings. The molecule has 0 aliphatic carbocycles. The molecule has 2 amide bonds. The fourth-order valence-electron chi connectivity index (χ4n) is 2.99. The van der Waals surface area contributed by atoms with E-state index in [0.717, 1.165) is 4.47 Å². The van der Waals surface area contributed by atoms with Crippen molar-refractivity contribution in [2.45, 2.75) is 6.42 Å². The second-order valence-electron chi connectivity index (χ2n) is 6.04. The molecular weight excluding hydrogens is 423 g/mol. The molecule has 0 aromatic heterocycles. The molecule has 3 rings (SSSR count). The van der Waals surface area contributed by atoms with E-state index in [1.165, 1.54) is 18.2 Å². The van der Waals surface area contributed by atoms with Crippen molar-refractivity contribution >= 4 is 39.3 Å². The van der Waals surface area contributed by atoms with E-state index >= 15 is 0 Å². The highest BCUT2D eigenvalue weighted by molar-refractivity contribution is 9.10. The zero-order valence-corrected chi connectivity index (χ0v) is 16.3. The Morgan fingerprint density at radius 3 is 2.27 bits per heavy atom. The van der Waals surface area contributed by atoms with Gasteiger partial charge in [-0.05, 0) is 36.8 Å². The molecule has 4 nitrogen and oxygen atoms in total. The van der Waals surface area contributed by atoms with Crippen LogP contribution in [0.25, 0.3) is 0 Å². The lowest BCUT2D eigenvalue weighted by molar-refractivity contribution is 0.0716. The number of benzene rings is 2. The standard InChI is InChI=1S/C19H17BrClFN2O2/c20-14-5-1-4-13(12-14)18(25)23-8-3-9-24(11-10-23)19(26)17-15(21)6-2-7-16(17)22/h1-2,4-7,12H,3,8-11H2. The van der Waals surface area contributed by atoms with Crippen molar-refractivity contribution in [1.29, 1.82) is 0 Å². The Labute approximate surface area is 164 Å². The third-order valence-electron chi connectivity index (χ3n) is 4.32. The normalized spacial score (nSPS) is 14.9. The third-order valence-corrected chi connectivity index (χ3v) is 5.13. The molecule has 0 N–H and O–H groups in total. The Morgan fingerprint density at radius 1 is 0.962 bits per heavy atom. The average Bonchev–Trinajstić information content (AvgIpc) is 2.87. The minimum atomic E-state index is -0.631.